The number of allylic oxidation sites excluding steroid dienone is 4. The number of aliphatic hydroxyl groups excluding tert-OH is 1. The van der Waals surface area contributed by atoms with Crippen molar-refractivity contribution in [2.75, 3.05) is 39.6 Å². The third-order valence-electron chi connectivity index (χ3n) is 16.8. The predicted octanol–water partition coefficient (Wildman–Crippen LogP) is 21.3. The zero-order chi connectivity index (χ0) is 69.4. The second-order valence-electron chi connectivity index (χ2n) is 27.8. The molecule has 0 aromatic heterocycles. The van der Waals surface area contributed by atoms with Crippen molar-refractivity contribution in [3.8, 4) is 0 Å². The first-order chi connectivity index (χ1) is 45.2. The number of phosphoric acid groups is 2. The van der Waals surface area contributed by atoms with Crippen molar-refractivity contribution in [3.05, 3.63) is 24.3 Å². The molecule has 19 heteroatoms. The molecule has 17 nitrogen and oxygen atoms in total. The highest BCUT2D eigenvalue weighted by Gasteiger charge is 2.30. The van der Waals surface area contributed by atoms with E-state index in [4.69, 9.17) is 37.0 Å². The van der Waals surface area contributed by atoms with E-state index in [1.54, 1.807) is 0 Å². The smallest absolute Gasteiger partial charge is 0.462 e. The average molecular weight is 1380 g/mol. The Hall–Kier alpha value is -2.46. The van der Waals surface area contributed by atoms with Gasteiger partial charge in [0.25, 0.3) is 0 Å². The highest BCUT2D eigenvalue weighted by atomic mass is 31.2. The number of carbonyl (C=O) groups excluding carboxylic acids is 4. The van der Waals surface area contributed by atoms with Crippen LogP contribution < -0.4 is 0 Å². The van der Waals surface area contributed by atoms with Crippen LogP contribution in [0.2, 0.25) is 0 Å². The first kappa shape index (κ1) is 91.5. The van der Waals surface area contributed by atoms with Gasteiger partial charge in [0, 0.05) is 25.7 Å². The third kappa shape index (κ3) is 68.1. The fourth-order valence-corrected chi connectivity index (χ4v) is 12.5. The molecule has 0 rings (SSSR count). The first-order valence-electron chi connectivity index (χ1n) is 38.2. The summed E-state index contributed by atoms with van der Waals surface area (Å²) in [7, 11) is -9.92. The zero-order valence-corrected chi connectivity index (χ0v) is 62.7. The van der Waals surface area contributed by atoms with E-state index in [1.165, 1.54) is 148 Å². The fraction of sp³-hybridized carbons (Fsp3) is 0.893. The Balaban J connectivity index is 5.21. The molecule has 2 unspecified atom stereocenters. The summed E-state index contributed by atoms with van der Waals surface area (Å²) in [5.41, 5.74) is 0. The standard InChI is InChI=1S/C75H142O17P2/c1-8-9-10-11-12-13-14-15-18-23-26-29-35-44-51-58-74(79)91-71(63-86-73(78)57-50-43-38-37-41-48-55-68(6)7)65-90-94(83,84)88-61-69(76)60-87-93(81,82)89-64-70(92-75(80)59-52-45-36-31-30-33-40-47-54-67(4)5)62-85-72(77)56-49-42-34-28-25-22-20-17-16-19-21-24-27-32-39-46-53-66(2)3/h13-15,18,66-71,76H,8-12,16-17,19-65H2,1-7H3,(H,81,82)(H,83,84)/b14-13-,18-15-/t69-,70-,71-/m1/s1. The van der Waals surface area contributed by atoms with Gasteiger partial charge in [-0.05, 0) is 69.1 Å². The monoisotopic (exact) mass is 1380 g/mol. The van der Waals surface area contributed by atoms with Crippen molar-refractivity contribution in [2.45, 2.75) is 375 Å². The molecule has 3 N–H and O–H groups in total. The number of phosphoric ester groups is 2. The van der Waals surface area contributed by atoms with Gasteiger partial charge in [-0.15, -0.1) is 0 Å². The molecule has 0 aliphatic carbocycles. The van der Waals surface area contributed by atoms with E-state index < -0.39 is 97.5 Å². The minimum atomic E-state index is -4.96. The molecule has 0 aliphatic heterocycles. The van der Waals surface area contributed by atoms with Crippen molar-refractivity contribution in [1.29, 1.82) is 0 Å². The molecule has 0 radical (unpaired) electrons. The molecule has 0 aromatic rings. The van der Waals surface area contributed by atoms with Crippen LogP contribution in [-0.4, -0.2) is 96.7 Å². The molecule has 5 atom stereocenters. The zero-order valence-electron chi connectivity index (χ0n) is 60.9. The second-order valence-corrected chi connectivity index (χ2v) is 30.7. The van der Waals surface area contributed by atoms with Gasteiger partial charge in [0.05, 0.1) is 26.4 Å². The Morgan fingerprint density at radius 2 is 0.574 bits per heavy atom. The van der Waals surface area contributed by atoms with Crippen molar-refractivity contribution in [3.63, 3.8) is 0 Å². The van der Waals surface area contributed by atoms with E-state index in [0.29, 0.717) is 37.5 Å². The summed E-state index contributed by atoms with van der Waals surface area (Å²) >= 11 is 0. The van der Waals surface area contributed by atoms with E-state index in [-0.39, 0.29) is 25.7 Å². The topological polar surface area (TPSA) is 237 Å². The van der Waals surface area contributed by atoms with E-state index in [1.807, 2.05) is 0 Å². The SMILES string of the molecule is CCCCCC/C=C\C=C/CCCCCCCC(=O)O[C@H](COC(=O)CCCCCCCCC(C)C)COP(=O)(O)OC[C@H](O)COP(=O)(O)OC[C@@H](COC(=O)CCCCCCCCCCCCCCCCCCC(C)C)OC(=O)CCCCCCCCCCC(C)C. The number of hydrogen-bond donors (Lipinski definition) is 3. The lowest BCUT2D eigenvalue weighted by Crippen LogP contribution is -2.30. The summed E-state index contributed by atoms with van der Waals surface area (Å²) < 4.78 is 68.4. The molecule has 0 aliphatic rings. The van der Waals surface area contributed by atoms with Gasteiger partial charge >= 0.3 is 39.5 Å². The minimum absolute atomic E-state index is 0.0836. The second kappa shape index (κ2) is 65.2. The first-order valence-corrected chi connectivity index (χ1v) is 41.2. The molecule has 0 fully saturated rings. The van der Waals surface area contributed by atoms with Crippen LogP contribution in [0.15, 0.2) is 24.3 Å². The molecule has 0 amide bonds. The number of aliphatic hydroxyl groups is 1. The minimum Gasteiger partial charge on any atom is -0.462 e. The maximum atomic E-state index is 13.0. The maximum Gasteiger partial charge on any atom is 0.472 e. The van der Waals surface area contributed by atoms with Crippen LogP contribution >= 0.6 is 15.6 Å². The van der Waals surface area contributed by atoms with Crippen molar-refractivity contribution >= 4 is 39.5 Å². The van der Waals surface area contributed by atoms with E-state index in [0.717, 1.165) is 115 Å². The lowest BCUT2D eigenvalue weighted by molar-refractivity contribution is -0.161. The summed E-state index contributed by atoms with van der Waals surface area (Å²) in [6.45, 7) is 11.7. The predicted molar refractivity (Wildman–Crippen MR) is 381 cm³/mol. The van der Waals surface area contributed by atoms with Crippen LogP contribution in [0.5, 0.6) is 0 Å². The largest absolute Gasteiger partial charge is 0.472 e. The van der Waals surface area contributed by atoms with Gasteiger partial charge in [-0.25, -0.2) is 9.13 Å². The normalized spacial score (nSPS) is 14.3. The van der Waals surface area contributed by atoms with Crippen molar-refractivity contribution in [2.24, 2.45) is 17.8 Å². The number of unbranched alkanes of at least 4 members (excludes halogenated alkanes) is 36. The van der Waals surface area contributed by atoms with E-state index in [9.17, 15) is 43.2 Å². The van der Waals surface area contributed by atoms with Crippen LogP contribution in [0.25, 0.3) is 0 Å². The summed E-state index contributed by atoms with van der Waals surface area (Å²) in [5, 5.41) is 10.6. The Kier molecular flexibility index (Phi) is 63.5. The highest BCUT2D eigenvalue weighted by Crippen LogP contribution is 2.45. The number of hydrogen-bond acceptors (Lipinski definition) is 15. The highest BCUT2D eigenvalue weighted by molar-refractivity contribution is 7.47. The molecular weight excluding hydrogens is 1230 g/mol. The van der Waals surface area contributed by atoms with Gasteiger partial charge in [0.1, 0.15) is 19.3 Å². The molecule has 554 valence electrons. The van der Waals surface area contributed by atoms with Crippen LogP contribution in [0, 0.1) is 17.8 Å². The summed E-state index contributed by atoms with van der Waals surface area (Å²) in [6.07, 6.45) is 53.8. The van der Waals surface area contributed by atoms with Crippen LogP contribution in [0.3, 0.4) is 0 Å². The Morgan fingerprint density at radius 3 is 0.862 bits per heavy atom. The number of ether oxygens (including phenoxy) is 4. The maximum absolute atomic E-state index is 13.0. The molecule has 94 heavy (non-hydrogen) atoms. The van der Waals surface area contributed by atoms with Crippen molar-refractivity contribution < 1.29 is 80.2 Å². The third-order valence-corrected chi connectivity index (χ3v) is 18.7. The molecule has 0 heterocycles. The Labute approximate surface area is 573 Å². The molecule has 0 saturated carbocycles. The quantitative estimate of drug-likeness (QED) is 0.0169. The van der Waals surface area contributed by atoms with Crippen LogP contribution in [0.1, 0.15) is 357 Å². The number of esters is 4. The Morgan fingerprint density at radius 1 is 0.330 bits per heavy atom. The number of rotatable bonds is 71. The van der Waals surface area contributed by atoms with Gasteiger partial charge in [0.2, 0.25) is 0 Å². The van der Waals surface area contributed by atoms with Gasteiger partial charge in [-0.1, -0.05) is 304 Å². The van der Waals surface area contributed by atoms with Gasteiger partial charge in [0.15, 0.2) is 12.2 Å². The molecule has 0 bridgehead atoms. The lowest BCUT2D eigenvalue weighted by atomic mass is 10.0. The van der Waals surface area contributed by atoms with E-state index in [2.05, 4.69) is 72.8 Å². The Bertz CT molecular complexity index is 1930. The van der Waals surface area contributed by atoms with Gasteiger partial charge in [-0.3, -0.25) is 37.3 Å². The summed E-state index contributed by atoms with van der Waals surface area (Å²) in [4.78, 5) is 72.6. The molecular formula is C75H142O17P2. The molecule has 0 spiro atoms. The summed E-state index contributed by atoms with van der Waals surface area (Å²) in [6, 6.07) is 0. The number of carbonyl (C=O) groups is 4. The molecule has 0 aromatic carbocycles. The van der Waals surface area contributed by atoms with Crippen LogP contribution in [0.4, 0.5) is 0 Å². The van der Waals surface area contributed by atoms with E-state index >= 15 is 0 Å². The summed E-state index contributed by atoms with van der Waals surface area (Å²) in [5.74, 6) is 0.0493. The average Bonchev–Trinajstić information content (AvgIpc) is 1.22. The van der Waals surface area contributed by atoms with Crippen molar-refractivity contribution in [1.82, 2.24) is 0 Å². The fourth-order valence-electron chi connectivity index (χ4n) is 10.9. The van der Waals surface area contributed by atoms with Gasteiger partial charge in [-0.2, -0.15) is 0 Å². The molecule has 0 saturated heterocycles. The van der Waals surface area contributed by atoms with Gasteiger partial charge < -0.3 is 33.8 Å². The van der Waals surface area contributed by atoms with Crippen LogP contribution in [-0.2, 0) is 65.4 Å². The lowest BCUT2D eigenvalue weighted by Gasteiger charge is -2.21.